The molecule has 1 saturated heterocycles. The molecule has 2 aromatic rings. The van der Waals surface area contributed by atoms with Crippen molar-refractivity contribution in [3.63, 3.8) is 0 Å². The first-order chi connectivity index (χ1) is 25.2. The summed E-state index contributed by atoms with van der Waals surface area (Å²) in [5, 5.41) is 16.5. The van der Waals surface area contributed by atoms with Crippen LogP contribution in [0.25, 0.3) is 10.8 Å². The molecule has 3 fully saturated rings. The molecular formula is C37H47N5O10S. The van der Waals surface area contributed by atoms with Gasteiger partial charge in [-0.3, -0.25) is 19.1 Å². The molecule has 0 radical (unpaired) electrons. The van der Waals surface area contributed by atoms with Crippen LogP contribution in [0, 0.1) is 17.8 Å². The van der Waals surface area contributed by atoms with Crippen LogP contribution in [0.3, 0.4) is 0 Å². The molecule has 1 aromatic heterocycles. The normalized spacial score (nSPS) is 30.9. The second kappa shape index (κ2) is 14.0. The zero-order valence-electron chi connectivity index (χ0n) is 30.1. The molecule has 5 aliphatic rings. The van der Waals surface area contributed by atoms with Crippen molar-refractivity contribution in [1.29, 1.82) is 0 Å². The van der Waals surface area contributed by atoms with Crippen LogP contribution in [0.5, 0.6) is 17.4 Å². The molecule has 15 nitrogen and oxygen atoms in total. The number of benzene rings is 1. The van der Waals surface area contributed by atoms with Crippen LogP contribution in [0.2, 0.25) is 0 Å². The molecule has 4 N–H and O–H groups in total. The summed E-state index contributed by atoms with van der Waals surface area (Å²) < 4.78 is 45.5. The maximum atomic E-state index is 14.6. The molecule has 2 saturated carbocycles. The predicted molar refractivity (Wildman–Crippen MR) is 192 cm³/mol. The minimum atomic E-state index is -4.01. The van der Waals surface area contributed by atoms with E-state index in [9.17, 15) is 32.7 Å². The lowest BCUT2D eigenvalue weighted by molar-refractivity contribution is -0.142. The van der Waals surface area contributed by atoms with E-state index in [2.05, 4.69) is 20.3 Å². The lowest BCUT2D eigenvalue weighted by atomic mass is 9.85. The molecule has 286 valence electrons. The number of nitrogens with one attached hydrogen (secondary N) is 3. The Morgan fingerprint density at radius 3 is 2.64 bits per heavy atom. The van der Waals surface area contributed by atoms with Gasteiger partial charge in [-0.05, 0) is 75.5 Å². The van der Waals surface area contributed by atoms with Crippen LogP contribution in [0.4, 0.5) is 4.79 Å². The van der Waals surface area contributed by atoms with Gasteiger partial charge in [-0.25, -0.2) is 18.2 Å². The van der Waals surface area contributed by atoms with E-state index in [0.717, 1.165) is 11.8 Å². The second-order valence-electron chi connectivity index (χ2n) is 15.4. The molecular weight excluding hydrogens is 706 g/mol. The van der Waals surface area contributed by atoms with E-state index in [1.54, 1.807) is 31.3 Å². The number of pyridine rings is 1. The molecule has 0 unspecified atom stereocenters. The third-order valence-corrected chi connectivity index (χ3v) is 13.7. The smallest absolute Gasteiger partial charge is 0.405 e. The number of rotatable bonds is 7. The van der Waals surface area contributed by atoms with E-state index in [4.69, 9.17) is 14.2 Å². The van der Waals surface area contributed by atoms with E-state index >= 15 is 0 Å². The fourth-order valence-electron chi connectivity index (χ4n) is 7.94. The molecule has 16 heteroatoms. The Kier molecular flexibility index (Phi) is 9.70. The third kappa shape index (κ3) is 7.09. The lowest BCUT2D eigenvalue weighted by Gasteiger charge is -2.33. The Hall–Kier alpha value is -4.60. The molecule has 4 amide bonds. The monoisotopic (exact) mass is 753 g/mol. The van der Waals surface area contributed by atoms with Gasteiger partial charge in [0.15, 0.2) is 11.5 Å². The second-order valence-corrected chi connectivity index (χ2v) is 17.6. The van der Waals surface area contributed by atoms with E-state index in [1.165, 1.54) is 4.90 Å². The van der Waals surface area contributed by atoms with Gasteiger partial charge in [0.25, 0.3) is 5.91 Å². The molecule has 7 rings (SSSR count). The predicted octanol–water partition coefficient (Wildman–Crippen LogP) is 3.27. The van der Waals surface area contributed by atoms with Gasteiger partial charge in [0.1, 0.15) is 36.9 Å². The molecule has 7 atom stereocenters. The number of hydrogen-bond acceptors (Lipinski definition) is 10. The Morgan fingerprint density at radius 2 is 1.91 bits per heavy atom. The molecule has 3 aliphatic heterocycles. The van der Waals surface area contributed by atoms with Crippen molar-refractivity contribution in [2.45, 2.75) is 101 Å². The quantitative estimate of drug-likeness (QED) is 0.303. The van der Waals surface area contributed by atoms with Crippen molar-refractivity contribution < 1.29 is 46.9 Å². The number of allylic oxidation sites excluding steroid dienone is 1. The standard InChI is InChI=1S/C37H47N5O10S/c1-4-22-17-21(2)7-5-6-8-23-19-37(23,34(45)41-53(48,49)36(3)12-13-36)40-31(43)27-18-24(20-42(27)33(44)29(22)39-35(46)47)52-32-26-9-10-28-30(51-16-15-50-28)25(26)11-14-38-32/h6,8-11,14,21-24,27,29,39H,4-5,7,12-13,15-20H2,1-3H3,(H,40,43)(H,41,45)(H,46,47)/t21-,22-,23-,24-,27+,29+,37-/m1/s1. The molecule has 1 aromatic carbocycles. The summed E-state index contributed by atoms with van der Waals surface area (Å²) in [6.07, 6.45) is 6.76. The first kappa shape index (κ1) is 36.7. The summed E-state index contributed by atoms with van der Waals surface area (Å²) >= 11 is 0. The highest BCUT2D eigenvalue weighted by molar-refractivity contribution is 7.91. The SMILES string of the molecule is CC[C@@H]1C[C@H](C)CCC=C[C@@H]2C[C@@]2(C(=O)NS(=O)(=O)C2(C)CC2)NC(=O)[C@@H]2C[C@@H](Oc3nccc4c5c(ccc34)OCCO5)CN2C(=O)[C@H]1NC(=O)O. The summed E-state index contributed by atoms with van der Waals surface area (Å²) in [6.45, 7) is 6.26. The summed E-state index contributed by atoms with van der Waals surface area (Å²) in [7, 11) is -4.01. The first-order valence-electron chi connectivity index (χ1n) is 18.4. The summed E-state index contributed by atoms with van der Waals surface area (Å²) in [5.74, 6) is -1.35. The van der Waals surface area contributed by atoms with Crippen LogP contribution >= 0.6 is 0 Å². The van der Waals surface area contributed by atoms with Crippen LogP contribution in [0.15, 0.2) is 36.5 Å². The number of carbonyl (C=O) groups is 4. The molecule has 53 heavy (non-hydrogen) atoms. The van der Waals surface area contributed by atoms with Crippen molar-refractivity contribution in [2.75, 3.05) is 19.8 Å². The van der Waals surface area contributed by atoms with E-state index in [0.29, 0.717) is 62.2 Å². The van der Waals surface area contributed by atoms with E-state index < -0.39 is 68.2 Å². The number of nitrogens with zero attached hydrogens (tertiary/aromatic N) is 2. The number of carbonyl (C=O) groups excluding carboxylic acids is 3. The van der Waals surface area contributed by atoms with Gasteiger partial charge in [0, 0.05) is 29.3 Å². The van der Waals surface area contributed by atoms with Gasteiger partial charge in [0.05, 0.1) is 11.3 Å². The zero-order chi connectivity index (χ0) is 37.7. The number of ether oxygens (including phenoxy) is 3. The van der Waals surface area contributed by atoms with Crippen molar-refractivity contribution in [2.24, 2.45) is 17.8 Å². The van der Waals surface area contributed by atoms with Crippen LogP contribution < -0.4 is 29.6 Å². The Balaban J connectivity index is 1.22. The Morgan fingerprint density at radius 1 is 1.13 bits per heavy atom. The average molecular weight is 754 g/mol. The van der Waals surface area contributed by atoms with E-state index in [-0.39, 0.29) is 37.1 Å². The largest absolute Gasteiger partial charge is 0.486 e. The minimum absolute atomic E-state index is 0.00174. The number of aromatic nitrogens is 1. The summed E-state index contributed by atoms with van der Waals surface area (Å²) in [4.78, 5) is 60.7. The maximum Gasteiger partial charge on any atom is 0.405 e. The number of hydrogen-bond donors (Lipinski definition) is 4. The fourth-order valence-corrected chi connectivity index (χ4v) is 9.25. The zero-order valence-corrected chi connectivity index (χ0v) is 30.9. The van der Waals surface area contributed by atoms with Crippen LogP contribution in [-0.2, 0) is 24.4 Å². The highest BCUT2D eigenvalue weighted by atomic mass is 32.2. The van der Waals surface area contributed by atoms with Gasteiger partial charge >= 0.3 is 6.09 Å². The minimum Gasteiger partial charge on any atom is -0.486 e. The Labute approximate surface area is 308 Å². The van der Waals surface area contributed by atoms with Crippen LogP contribution in [0.1, 0.15) is 72.1 Å². The Bertz CT molecular complexity index is 1950. The number of carboxylic acid groups (broad SMARTS) is 1. The van der Waals surface area contributed by atoms with E-state index in [1.807, 2.05) is 26.0 Å². The van der Waals surface area contributed by atoms with Gasteiger partial charge in [-0.15, -0.1) is 0 Å². The van der Waals surface area contributed by atoms with Gasteiger partial charge in [-0.2, -0.15) is 0 Å². The van der Waals surface area contributed by atoms with Gasteiger partial charge in [0.2, 0.25) is 27.7 Å². The van der Waals surface area contributed by atoms with Gasteiger partial charge in [-0.1, -0.05) is 32.4 Å². The number of sulfonamides is 1. The molecule has 0 spiro atoms. The number of amides is 4. The maximum absolute atomic E-state index is 14.6. The topological polar surface area (TPSA) is 203 Å². The third-order valence-electron chi connectivity index (χ3n) is 11.6. The lowest BCUT2D eigenvalue weighted by Crippen LogP contribution is -2.59. The summed E-state index contributed by atoms with van der Waals surface area (Å²) in [6, 6.07) is 3.04. The highest BCUT2D eigenvalue weighted by Crippen LogP contribution is 2.48. The molecule has 0 bridgehead atoms. The highest BCUT2D eigenvalue weighted by Gasteiger charge is 2.63. The van der Waals surface area contributed by atoms with Crippen LogP contribution in [-0.4, -0.2) is 95.5 Å². The van der Waals surface area contributed by atoms with Crippen molar-refractivity contribution >= 4 is 44.6 Å². The van der Waals surface area contributed by atoms with Crippen molar-refractivity contribution in [3.05, 3.63) is 36.5 Å². The van der Waals surface area contributed by atoms with Gasteiger partial charge < -0.3 is 34.9 Å². The average Bonchev–Trinajstić information content (AvgIpc) is 4.01. The molecule has 4 heterocycles. The molecule has 2 aliphatic carbocycles. The van der Waals surface area contributed by atoms with Crippen molar-refractivity contribution in [3.8, 4) is 17.4 Å². The van der Waals surface area contributed by atoms with Crippen molar-refractivity contribution in [1.82, 2.24) is 25.2 Å². The summed E-state index contributed by atoms with van der Waals surface area (Å²) in [5.41, 5.74) is -1.55. The fraction of sp³-hybridized carbons (Fsp3) is 0.595. The first-order valence-corrected chi connectivity index (χ1v) is 19.9. The number of fused-ring (bicyclic) bond motifs is 5.